The van der Waals surface area contributed by atoms with Crippen molar-refractivity contribution in [2.24, 2.45) is 0 Å². The molecule has 0 saturated heterocycles. The molecule has 0 atom stereocenters. The van der Waals surface area contributed by atoms with Crippen molar-refractivity contribution < 1.29 is 4.74 Å². The number of aromatic nitrogens is 4. The number of halogens is 1. The van der Waals surface area contributed by atoms with Crippen molar-refractivity contribution in [2.45, 2.75) is 10.9 Å². The number of methoxy groups -OCH3 is 1. The maximum Gasteiger partial charge on any atom is 0.214 e. The molecule has 0 aliphatic carbocycles. The summed E-state index contributed by atoms with van der Waals surface area (Å²) < 4.78 is 6.85. The van der Waals surface area contributed by atoms with Crippen LogP contribution in [0.4, 0.5) is 0 Å². The number of thioether (sulfide) groups is 1. The topological polar surface area (TPSA) is 52.8 Å². The van der Waals surface area contributed by atoms with Crippen molar-refractivity contribution in [3.05, 3.63) is 59.1 Å². The molecule has 0 fully saturated rings. The van der Waals surface area contributed by atoms with Gasteiger partial charge in [0.25, 0.3) is 0 Å². The summed E-state index contributed by atoms with van der Waals surface area (Å²) in [5.74, 6) is 1.50. The standard InChI is InChI=1S/C15H13ClN4OS/c1-21-13-8-6-12(7-9-13)20-15(17-18-19-20)22-10-11-4-2-3-5-14(11)16/h2-9H,10H2,1H3. The van der Waals surface area contributed by atoms with Crippen LogP contribution in [-0.2, 0) is 5.75 Å². The normalized spacial score (nSPS) is 10.6. The summed E-state index contributed by atoms with van der Waals surface area (Å²) in [6.45, 7) is 0. The smallest absolute Gasteiger partial charge is 0.214 e. The lowest BCUT2D eigenvalue weighted by Gasteiger charge is -2.06. The minimum absolute atomic E-state index is 0.705. The van der Waals surface area contributed by atoms with Crippen molar-refractivity contribution in [3.63, 3.8) is 0 Å². The molecule has 0 unspecified atom stereocenters. The van der Waals surface area contributed by atoms with Gasteiger partial charge in [-0.1, -0.05) is 41.6 Å². The average Bonchev–Trinajstić information content (AvgIpc) is 3.03. The molecule has 3 aromatic rings. The van der Waals surface area contributed by atoms with Crippen LogP contribution in [0.5, 0.6) is 5.75 Å². The van der Waals surface area contributed by atoms with E-state index in [2.05, 4.69) is 15.5 Å². The second-order valence-corrected chi connectivity index (χ2v) is 5.80. The lowest BCUT2D eigenvalue weighted by atomic mass is 10.2. The Bertz CT molecular complexity index is 760. The fraction of sp³-hybridized carbons (Fsp3) is 0.133. The largest absolute Gasteiger partial charge is 0.497 e. The molecule has 0 aliphatic heterocycles. The monoisotopic (exact) mass is 332 g/mol. The van der Waals surface area contributed by atoms with Crippen LogP contribution in [0.2, 0.25) is 5.02 Å². The first-order valence-corrected chi connectivity index (χ1v) is 7.93. The highest BCUT2D eigenvalue weighted by Gasteiger charge is 2.10. The molecule has 7 heteroatoms. The third kappa shape index (κ3) is 3.23. The van der Waals surface area contributed by atoms with Gasteiger partial charge < -0.3 is 4.74 Å². The van der Waals surface area contributed by atoms with Crippen LogP contribution in [0.3, 0.4) is 0 Å². The van der Waals surface area contributed by atoms with E-state index >= 15 is 0 Å². The van der Waals surface area contributed by atoms with Crippen molar-refractivity contribution in [3.8, 4) is 11.4 Å². The summed E-state index contributed by atoms with van der Waals surface area (Å²) in [4.78, 5) is 0. The van der Waals surface area contributed by atoms with Crippen LogP contribution in [-0.4, -0.2) is 27.3 Å². The maximum absolute atomic E-state index is 6.17. The number of tetrazole rings is 1. The van der Waals surface area contributed by atoms with Crippen LogP contribution < -0.4 is 4.74 Å². The molecule has 0 aliphatic rings. The molecule has 0 radical (unpaired) electrons. The molecule has 0 N–H and O–H groups in total. The summed E-state index contributed by atoms with van der Waals surface area (Å²) in [6.07, 6.45) is 0. The SMILES string of the molecule is COc1ccc(-n2nnnc2SCc2ccccc2Cl)cc1. The molecule has 2 aromatic carbocycles. The molecule has 1 heterocycles. The minimum atomic E-state index is 0.705. The number of benzene rings is 2. The van der Waals surface area contributed by atoms with Gasteiger partial charge in [-0.2, -0.15) is 4.68 Å². The lowest BCUT2D eigenvalue weighted by Crippen LogP contribution is -1.99. The van der Waals surface area contributed by atoms with E-state index in [0.717, 1.165) is 22.0 Å². The number of ether oxygens (including phenoxy) is 1. The van der Waals surface area contributed by atoms with Crippen molar-refractivity contribution >= 4 is 23.4 Å². The van der Waals surface area contributed by atoms with Gasteiger partial charge in [0.05, 0.1) is 12.8 Å². The third-order valence-electron chi connectivity index (χ3n) is 3.07. The molecule has 22 heavy (non-hydrogen) atoms. The molecular formula is C15H13ClN4OS. The Morgan fingerprint density at radius 1 is 1.14 bits per heavy atom. The maximum atomic E-state index is 6.17. The Morgan fingerprint density at radius 2 is 1.91 bits per heavy atom. The molecule has 5 nitrogen and oxygen atoms in total. The van der Waals surface area contributed by atoms with Crippen LogP contribution in [0.15, 0.2) is 53.7 Å². The van der Waals surface area contributed by atoms with Gasteiger partial charge in [-0.3, -0.25) is 0 Å². The van der Waals surface area contributed by atoms with Gasteiger partial charge >= 0.3 is 0 Å². The third-order valence-corrected chi connectivity index (χ3v) is 4.41. The molecular weight excluding hydrogens is 320 g/mol. The molecule has 0 saturated carbocycles. The lowest BCUT2D eigenvalue weighted by molar-refractivity contribution is 0.414. The van der Waals surface area contributed by atoms with E-state index in [0.29, 0.717) is 10.9 Å². The first-order valence-electron chi connectivity index (χ1n) is 6.57. The average molecular weight is 333 g/mol. The highest BCUT2D eigenvalue weighted by Crippen LogP contribution is 2.26. The minimum Gasteiger partial charge on any atom is -0.497 e. The van der Waals surface area contributed by atoms with Crippen molar-refractivity contribution in [1.29, 1.82) is 0 Å². The van der Waals surface area contributed by atoms with E-state index in [1.165, 1.54) is 11.8 Å². The predicted molar refractivity (Wildman–Crippen MR) is 86.7 cm³/mol. The Kier molecular flexibility index (Phi) is 4.60. The van der Waals surface area contributed by atoms with E-state index < -0.39 is 0 Å². The Morgan fingerprint density at radius 3 is 2.64 bits per heavy atom. The Labute approximate surface area is 137 Å². The van der Waals surface area contributed by atoms with Gasteiger partial charge in [0.15, 0.2) is 0 Å². The van der Waals surface area contributed by atoms with Crippen LogP contribution >= 0.6 is 23.4 Å². The summed E-state index contributed by atoms with van der Waals surface area (Å²) >= 11 is 7.71. The fourth-order valence-electron chi connectivity index (χ4n) is 1.91. The molecule has 0 spiro atoms. The summed E-state index contributed by atoms with van der Waals surface area (Å²) in [7, 11) is 1.64. The zero-order valence-electron chi connectivity index (χ0n) is 11.8. The summed E-state index contributed by atoms with van der Waals surface area (Å²) in [5, 5.41) is 13.3. The van der Waals surface area contributed by atoms with Gasteiger partial charge in [-0.05, 0) is 46.3 Å². The first-order chi connectivity index (χ1) is 10.8. The zero-order chi connectivity index (χ0) is 15.4. The first kappa shape index (κ1) is 14.9. The molecule has 0 amide bonds. The molecule has 1 aromatic heterocycles. The Hall–Kier alpha value is -2.05. The van der Waals surface area contributed by atoms with Crippen LogP contribution in [0.1, 0.15) is 5.56 Å². The molecule has 112 valence electrons. The second kappa shape index (κ2) is 6.81. The van der Waals surface area contributed by atoms with E-state index in [1.807, 2.05) is 48.5 Å². The van der Waals surface area contributed by atoms with Gasteiger partial charge in [0, 0.05) is 10.8 Å². The van der Waals surface area contributed by atoms with E-state index in [1.54, 1.807) is 11.8 Å². The number of nitrogens with zero attached hydrogens (tertiary/aromatic N) is 4. The quantitative estimate of drug-likeness (QED) is 0.668. The van der Waals surface area contributed by atoms with Gasteiger partial charge in [-0.25, -0.2) is 0 Å². The van der Waals surface area contributed by atoms with Crippen LogP contribution in [0.25, 0.3) is 5.69 Å². The van der Waals surface area contributed by atoms with Gasteiger partial charge in [0.2, 0.25) is 5.16 Å². The number of hydrogen-bond acceptors (Lipinski definition) is 5. The van der Waals surface area contributed by atoms with Crippen LogP contribution in [0, 0.1) is 0 Å². The van der Waals surface area contributed by atoms with E-state index in [4.69, 9.17) is 16.3 Å². The summed E-state index contributed by atoms with van der Waals surface area (Å²) in [6, 6.07) is 15.3. The molecule has 3 rings (SSSR count). The van der Waals surface area contributed by atoms with Gasteiger partial charge in [0.1, 0.15) is 5.75 Å². The van der Waals surface area contributed by atoms with Gasteiger partial charge in [-0.15, -0.1) is 5.10 Å². The zero-order valence-corrected chi connectivity index (χ0v) is 13.4. The Balaban J connectivity index is 1.78. The number of rotatable bonds is 5. The summed E-state index contributed by atoms with van der Waals surface area (Å²) in [5.41, 5.74) is 1.94. The highest BCUT2D eigenvalue weighted by atomic mass is 35.5. The van der Waals surface area contributed by atoms with E-state index in [-0.39, 0.29) is 0 Å². The fourth-order valence-corrected chi connectivity index (χ4v) is 3.09. The number of hydrogen-bond donors (Lipinski definition) is 0. The second-order valence-electron chi connectivity index (χ2n) is 4.45. The highest BCUT2D eigenvalue weighted by molar-refractivity contribution is 7.98. The van der Waals surface area contributed by atoms with Crippen molar-refractivity contribution in [2.75, 3.05) is 7.11 Å². The predicted octanol–water partition coefficient (Wildman–Crippen LogP) is 3.62. The van der Waals surface area contributed by atoms with Crippen molar-refractivity contribution in [1.82, 2.24) is 20.2 Å². The van der Waals surface area contributed by atoms with E-state index in [9.17, 15) is 0 Å². The molecule has 0 bridgehead atoms.